The first-order valence-corrected chi connectivity index (χ1v) is 8.66. The molecule has 2 aromatic rings. The number of amides is 1. The van der Waals surface area contributed by atoms with Crippen LogP contribution < -0.4 is 16.0 Å². The van der Waals surface area contributed by atoms with Gasteiger partial charge in [0, 0.05) is 12.2 Å². The predicted octanol–water partition coefficient (Wildman–Crippen LogP) is 4.73. The minimum atomic E-state index is -0.0447. The SMILES string of the molecule is Cl.Cl.O=C(CNCC1CC1)Nc1ccc(NCc2ccccc2)c(Cl)c1. The highest BCUT2D eigenvalue weighted by molar-refractivity contribution is 6.33. The number of halogens is 3. The molecule has 0 atom stereocenters. The third-order valence-corrected chi connectivity index (χ3v) is 4.31. The lowest BCUT2D eigenvalue weighted by Gasteiger charge is -2.11. The molecule has 0 spiro atoms. The van der Waals surface area contributed by atoms with E-state index in [0.29, 0.717) is 23.8 Å². The van der Waals surface area contributed by atoms with Gasteiger partial charge < -0.3 is 16.0 Å². The van der Waals surface area contributed by atoms with Crippen LogP contribution in [0.1, 0.15) is 18.4 Å². The van der Waals surface area contributed by atoms with Crippen LogP contribution in [0.15, 0.2) is 48.5 Å². The highest BCUT2D eigenvalue weighted by atomic mass is 35.5. The molecule has 4 nitrogen and oxygen atoms in total. The van der Waals surface area contributed by atoms with Gasteiger partial charge in [0.25, 0.3) is 0 Å². The topological polar surface area (TPSA) is 53.2 Å². The van der Waals surface area contributed by atoms with E-state index in [0.717, 1.165) is 18.2 Å². The summed E-state index contributed by atoms with van der Waals surface area (Å²) in [6.45, 7) is 1.97. The van der Waals surface area contributed by atoms with Crippen LogP contribution in [0.2, 0.25) is 5.02 Å². The van der Waals surface area contributed by atoms with E-state index in [2.05, 4.69) is 28.1 Å². The van der Waals surface area contributed by atoms with Gasteiger partial charge in [-0.15, -0.1) is 24.8 Å². The molecule has 7 heteroatoms. The summed E-state index contributed by atoms with van der Waals surface area (Å²) in [6.07, 6.45) is 2.56. The van der Waals surface area contributed by atoms with E-state index in [1.165, 1.54) is 18.4 Å². The number of carbonyl (C=O) groups excluding carboxylic acids is 1. The third kappa shape index (κ3) is 7.42. The second-order valence-corrected chi connectivity index (χ2v) is 6.56. The van der Waals surface area contributed by atoms with Crippen LogP contribution >= 0.6 is 36.4 Å². The number of hydrogen-bond acceptors (Lipinski definition) is 3. The molecule has 0 radical (unpaired) electrons. The van der Waals surface area contributed by atoms with Gasteiger partial charge in [0.2, 0.25) is 5.91 Å². The highest BCUT2D eigenvalue weighted by Gasteiger charge is 2.20. The van der Waals surface area contributed by atoms with Crippen LogP contribution in [0, 0.1) is 5.92 Å². The standard InChI is InChI=1S/C19H22ClN3O.2ClH/c20-17-10-16(23-19(24)13-21-11-15-6-7-15)8-9-18(17)22-12-14-4-2-1-3-5-14;;/h1-5,8-10,15,21-22H,6-7,11-13H2,(H,23,24);2*1H. The van der Waals surface area contributed by atoms with Crippen molar-refractivity contribution in [3.63, 3.8) is 0 Å². The number of rotatable bonds is 8. The molecule has 1 amide bonds. The van der Waals surface area contributed by atoms with Crippen LogP contribution in [0.5, 0.6) is 0 Å². The summed E-state index contributed by atoms with van der Waals surface area (Å²) in [6, 6.07) is 15.6. The number of anilines is 2. The average Bonchev–Trinajstić information content (AvgIpc) is 3.39. The molecule has 1 fully saturated rings. The lowest BCUT2D eigenvalue weighted by Crippen LogP contribution is -2.29. The smallest absolute Gasteiger partial charge is 0.238 e. The molecule has 3 rings (SSSR count). The van der Waals surface area contributed by atoms with Crippen LogP contribution in [0.25, 0.3) is 0 Å². The predicted molar refractivity (Wildman–Crippen MR) is 114 cm³/mol. The van der Waals surface area contributed by atoms with Crippen LogP contribution in [-0.4, -0.2) is 19.0 Å². The number of benzene rings is 2. The Kier molecular flexibility index (Phi) is 9.81. The zero-order valence-corrected chi connectivity index (χ0v) is 16.7. The fourth-order valence-corrected chi connectivity index (χ4v) is 2.69. The Morgan fingerprint density at radius 1 is 1.08 bits per heavy atom. The molecule has 142 valence electrons. The van der Waals surface area contributed by atoms with Crippen LogP contribution in [0.3, 0.4) is 0 Å². The molecule has 3 N–H and O–H groups in total. The molecule has 0 heterocycles. The summed E-state index contributed by atoms with van der Waals surface area (Å²) in [7, 11) is 0. The molecule has 0 aliphatic heterocycles. The number of nitrogens with one attached hydrogen (secondary N) is 3. The summed E-state index contributed by atoms with van der Waals surface area (Å²) in [5.74, 6) is 0.721. The second kappa shape index (κ2) is 11.3. The van der Waals surface area contributed by atoms with Crippen molar-refractivity contribution in [1.82, 2.24) is 5.32 Å². The lowest BCUT2D eigenvalue weighted by molar-refractivity contribution is -0.115. The fraction of sp³-hybridized carbons (Fsp3) is 0.316. The highest BCUT2D eigenvalue weighted by Crippen LogP contribution is 2.27. The van der Waals surface area contributed by atoms with E-state index < -0.39 is 0 Å². The summed E-state index contributed by atoms with van der Waals surface area (Å²) in [5, 5.41) is 9.94. The molecule has 26 heavy (non-hydrogen) atoms. The second-order valence-electron chi connectivity index (χ2n) is 6.16. The van der Waals surface area contributed by atoms with Crippen molar-refractivity contribution in [3.8, 4) is 0 Å². The van der Waals surface area contributed by atoms with Gasteiger partial charge in [0.05, 0.1) is 17.3 Å². The van der Waals surface area contributed by atoms with Crippen molar-refractivity contribution in [2.75, 3.05) is 23.7 Å². The van der Waals surface area contributed by atoms with E-state index in [9.17, 15) is 4.79 Å². The molecule has 0 unspecified atom stereocenters. The average molecular weight is 417 g/mol. The molecule has 0 saturated heterocycles. The maximum absolute atomic E-state index is 11.9. The first kappa shape index (κ1) is 22.6. The Hall–Kier alpha value is -1.46. The van der Waals surface area contributed by atoms with Crippen molar-refractivity contribution in [1.29, 1.82) is 0 Å². The Bertz CT molecular complexity index is 694. The quantitative estimate of drug-likeness (QED) is 0.583. The van der Waals surface area contributed by atoms with E-state index in [-0.39, 0.29) is 30.7 Å². The lowest BCUT2D eigenvalue weighted by atomic mass is 10.2. The number of carbonyl (C=O) groups is 1. The van der Waals surface area contributed by atoms with Gasteiger partial charge in [-0.2, -0.15) is 0 Å². The van der Waals surface area contributed by atoms with Crippen molar-refractivity contribution in [3.05, 3.63) is 59.1 Å². The minimum absolute atomic E-state index is 0. The maximum atomic E-state index is 11.9. The Morgan fingerprint density at radius 2 is 1.81 bits per heavy atom. The van der Waals surface area contributed by atoms with Gasteiger partial charge in [0.15, 0.2) is 0 Å². The van der Waals surface area contributed by atoms with Crippen molar-refractivity contribution < 1.29 is 4.79 Å². The van der Waals surface area contributed by atoms with E-state index >= 15 is 0 Å². The molecule has 1 aliphatic rings. The molecular formula is C19H24Cl3N3O. The first-order chi connectivity index (χ1) is 11.7. The Morgan fingerprint density at radius 3 is 2.46 bits per heavy atom. The third-order valence-electron chi connectivity index (χ3n) is 3.99. The summed E-state index contributed by atoms with van der Waals surface area (Å²) >= 11 is 6.30. The van der Waals surface area contributed by atoms with E-state index in [1.54, 1.807) is 6.07 Å². The van der Waals surface area contributed by atoms with Gasteiger partial charge in [-0.05, 0) is 49.1 Å². The first-order valence-electron chi connectivity index (χ1n) is 8.28. The minimum Gasteiger partial charge on any atom is -0.380 e. The van der Waals surface area contributed by atoms with Crippen LogP contribution in [-0.2, 0) is 11.3 Å². The fourth-order valence-electron chi connectivity index (χ4n) is 2.45. The van der Waals surface area contributed by atoms with E-state index in [4.69, 9.17) is 11.6 Å². The Balaban J connectivity index is 0.00000169. The Labute approximate surface area is 171 Å². The summed E-state index contributed by atoms with van der Waals surface area (Å²) in [5.41, 5.74) is 2.75. The molecular weight excluding hydrogens is 393 g/mol. The van der Waals surface area contributed by atoms with Gasteiger partial charge in [0.1, 0.15) is 0 Å². The van der Waals surface area contributed by atoms with E-state index in [1.807, 2.05) is 30.3 Å². The zero-order valence-electron chi connectivity index (χ0n) is 14.3. The van der Waals surface area contributed by atoms with Crippen molar-refractivity contribution in [2.24, 2.45) is 5.92 Å². The molecule has 2 aromatic carbocycles. The van der Waals surface area contributed by atoms with Gasteiger partial charge >= 0.3 is 0 Å². The molecule has 1 saturated carbocycles. The maximum Gasteiger partial charge on any atom is 0.238 e. The summed E-state index contributed by atoms with van der Waals surface area (Å²) in [4.78, 5) is 11.9. The van der Waals surface area contributed by atoms with Gasteiger partial charge in [-0.25, -0.2) is 0 Å². The molecule has 1 aliphatic carbocycles. The van der Waals surface area contributed by atoms with Crippen LogP contribution in [0.4, 0.5) is 11.4 Å². The summed E-state index contributed by atoms with van der Waals surface area (Å²) < 4.78 is 0. The molecule has 0 bridgehead atoms. The number of hydrogen-bond donors (Lipinski definition) is 3. The van der Waals surface area contributed by atoms with Gasteiger partial charge in [-0.1, -0.05) is 41.9 Å². The van der Waals surface area contributed by atoms with Crippen molar-refractivity contribution >= 4 is 53.7 Å². The largest absolute Gasteiger partial charge is 0.380 e. The molecule has 0 aromatic heterocycles. The monoisotopic (exact) mass is 415 g/mol. The normalized spacial score (nSPS) is 12.5. The van der Waals surface area contributed by atoms with Crippen molar-refractivity contribution in [2.45, 2.75) is 19.4 Å². The zero-order chi connectivity index (χ0) is 16.8. The van der Waals surface area contributed by atoms with Gasteiger partial charge in [-0.3, -0.25) is 4.79 Å².